The summed E-state index contributed by atoms with van der Waals surface area (Å²) in [5.41, 5.74) is 0. The molecule has 0 saturated carbocycles. The first-order valence-electron chi connectivity index (χ1n) is 2.04. The van der Waals surface area contributed by atoms with Crippen LogP contribution in [0.15, 0.2) is 0 Å². The first-order chi connectivity index (χ1) is 5.00. The third kappa shape index (κ3) is 4940. The van der Waals surface area contributed by atoms with E-state index in [0.717, 1.165) is 35.5 Å². The molecule has 0 atom stereocenters. The summed E-state index contributed by atoms with van der Waals surface area (Å²) in [4.78, 5) is 0. The van der Waals surface area contributed by atoms with Crippen LogP contribution in [0.2, 0.25) is 0 Å². The van der Waals surface area contributed by atoms with Crippen molar-refractivity contribution < 1.29 is 44.1 Å². The average Bonchev–Trinajstić information content (AvgIpc) is 2.20. The number of hydrogen-bond acceptors (Lipinski definition) is 5. The molecule has 0 spiro atoms. The van der Waals surface area contributed by atoms with E-state index in [1.54, 1.807) is 0 Å². The van der Waals surface area contributed by atoms with Crippen molar-refractivity contribution >= 4 is 0 Å². The molecule has 0 N–H and O–H groups in total. The summed E-state index contributed by atoms with van der Waals surface area (Å²) in [5.74, 6) is 0. The monoisotopic (exact) mass is 206 g/mol. The van der Waals surface area contributed by atoms with Gasteiger partial charge in [0.15, 0.2) is 0 Å². The van der Waals surface area contributed by atoms with Gasteiger partial charge in [-0.2, -0.15) is 35.5 Å². The molecule has 0 heterocycles. The van der Waals surface area contributed by atoms with Crippen LogP contribution in [0.1, 0.15) is 0 Å². The molecular formula is C5H15O5V-5. The Labute approximate surface area is 80.2 Å². The summed E-state index contributed by atoms with van der Waals surface area (Å²) < 4.78 is 0. The van der Waals surface area contributed by atoms with Crippen molar-refractivity contribution in [2.75, 3.05) is 35.5 Å². The number of hydrogen-bond donors (Lipinski definition) is 0. The molecule has 0 aromatic carbocycles. The van der Waals surface area contributed by atoms with Gasteiger partial charge in [0, 0.05) is 18.6 Å². The molecule has 0 saturated heterocycles. The molecule has 0 aromatic rings. The Balaban J connectivity index is -0.00000000694. The van der Waals surface area contributed by atoms with Crippen molar-refractivity contribution in [2.24, 2.45) is 0 Å². The van der Waals surface area contributed by atoms with E-state index in [1.807, 2.05) is 0 Å². The van der Waals surface area contributed by atoms with Crippen LogP contribution in [-0.2, 0) is 18.6 Å². The second kappa shape index (κ2) is 6190. The fourth-order valence-corrected chi connectivity index (χ4v) is 0. The molecule has 6 heteroatoms. The molecule has 0 aromatic heterocycles. The van der Waals surface area contributed by atoms with Crippen molar-refractivity contribution in [2.45, 2.75) is 0 Å². The van der Waals surface area contributed by atoms with E-state index in [1.165, 1.54) is 0 Å². The van der Waals surface area contributed by atoms with E-state index in [0.29, 0.717) is 0 Å². The van der Waals surface area contributed by atoms with Crippen LogP contribution < -0.4 is 25.5 Å². The fourth-order valence-electron chi connectivity index (χ4n) is 0. The maximum absolute atomic E-state index is 8.25. The van der Waals surface area contributed by atoms with E-state index in [-0.39, 0.29) is 18.6 Å². The van der Waals surface area contributed by atoms with Crippen molar-refractivity contribution in [3.8, 4) is 0 Å². The Bertz CT molecular complexity index is 14.8. The normalized spacial score (nSPS) is 2.73. The van der Waals surface area contributed by atoms with Crippen molar-refractivity contribution in [1.82, 2.24) is 0 Å². The Morgan fingerprint density at radius 1 is 0.364 bits per heavy atom. The van der Waals surface area contributed by atoms with E-state index < -0.39 is 0 Å². The Morgan fingerprint density at radius 3 is 0.364 bits per heavy atom. The maximum Gasteiger partial charge on any atom is 0 e. The van der Waals surface area contributed by atoms with Gasteiger partial charge in [0.25, 0.3) is 0 Å². The van der Waals surface area contributed by atoms with Crippen molar-refractivity contribution in [1.29, 1.82) is 0 Å². The van der Waals surface area contributed by atoms with Gasteiger partial charge >= 0.3 is 0 Å². The van der Waals surface area contributed by atoms with Crippen LogP contribution >= 0.6 is 0 Å². The summed E-state index contributed by atoms with van der Waals surface area (Å²) in [6, 6.07) is 0. The summed E-state index contributed by atoms with van der Waals surface area (Å²) >= 11 is 0. The first kappa shape index (κ1) is 42.3. The minimum atomic E-state index is 0. The Kier molecular flexibility index (Phi) is 23800. The van der Waals surface area contributed by atoms with E-state index in [4.69, 9.17) is 25.5 Å². The molecule has 0 aliphatic heterocycles. The molecule has 0 aliphatic rings. The summed E-state index contributed by atoms with van der Waals surface area (Å²) in [6.45, 7) is 0. The van der Waals surface area contributed by atoms with Crippen LogP contribution in [0.5, 0.6) is 0 Å². The molecule has 1 radical (unpaired) electrons. The van der Waals surface area contributed by atoms with Crippen LogP contribution in [-0.4, -0.2) is 35.5 Å². The van der Waals surface area contributed by atoms with E-state index >= 15 is 0 Å². The maximum atomic E-state index is 8.25. The predicted octanol–water partition coefficient (Wildman–Crippen LogP) is -5.12. The van der Waals surface area contributed by atoms with Crippen LogP contribution in [0.25, 0.3) is 0 Å². The molecule has 0 rings (SSSR count). The van der Waals surface area contributed by atoms with Gasteiger partial charge in [-0.3, -0.25) is 0 Å². The van der Waals surface area contributed by atoms with Crippen LogP contribution in [0, 0.1) is 0 Å². The molecule has 5 nitrogen and oxygen atoms in total. The predicted molar refractivity (Wildman–Crippen MR) is 29.6 cm³/mol. The van der Waals surface area contributed by atoms with E-state index in [9.17, 15) is 0 Å². The smallest absolute Gasteiger partial charge is 0 e. The minimum absolute atomic E-state index is 0. The van der Waals surface area contributed by atoms with Gasteiger partial charge in [-0.15, -0.1) is 0 Å². The summed E-state index contributed by atoms with van der Waals surface area (Å²) in [7, 11) is 3.75. The van der Waals surface area contributed by atoms with Gasteiger partial charge in [0.2, 0.25) is 0 Å². The molecule has 0 fully saturated rings. The zero-order chi connectivity index (χ0) is 10.0. The zero-order valence-corrected chi connectivity index (χ0v) is 8.89. The minimum Gasteiger partial charge on any atom is -0.857 e. The third-order valence-electron chi connectivity index (χ3n) is 0. The van der Waals surface area contributed by atoms with Gasteiger partial charge in [0.1, 0.15) is 0 Å². The fraction of sp³-hybridized carbons (Fsp3) is 1.00. The molecule has 0 aliphatic carbocycles. The van der Waals surface area contributed by atoms with E-state index in [2.05, 4.69) is 0 Å². The zero-order valence-electron chi connectivity index (χ0n) is 7.49. The topological polar surface area (TPSA) is 115 Å². The van der Waals surface area contributed by atoms with Gasteiger partial charge in [0.05, 0.1) is 0 Å². The molecular weight excluding hydrogens is 191 g/mol. The second-order valence-corrected chi connectivity index (χ2v) is 0. The second-order valence-electron chi connectivity index (χ2n) is 0. The SMILES string of the molecule is C[O-].C[O-].C[O-].C[O-].C[O-].[V]. The average molecular weight is 206 g/mol. The quantitative estimate of drug-likeness (QED) is 0.393. The number of rotatable bonds is 0. The Hall–Kier alpha value is 0.384. The third-order valence-corrected chi connectivity index (χ3v) is 0. The van der Waals surface area contributed by atoms with Gasteiger partial charge in [-0.1, -0.05) is 0 Å². The molecule has 75 valence electrons. The van der Waals surface area contributed by atoms with Crippen molar-refractivity contribution in [3.63, 3.8) is 0 Å². The molecule has 0 unspecified atom stereocenters. The van der Waals surface area contributed by atoms with Gasteiger partial charge in [-0.25, -0.2) is 0 Å². The molecule has 0 amide bonds. The summed E-state index contributed by atoms with van der Waals surface area (Å²) in [5, 5.41) is 41.2. The molecule has 11 heavy (non-hydrogen) atoms. The van der Waals surface area contributed by atoms with Crippen LogP contribution in [0.3, 0.4) is 0 Å². The Morgan fingerprint density at radius 2 is 0.364 bits per heavy atom. The largest absolute Gasteiger partial charge is 0.857 e. The molecule has 0 bridgehead atoms. The standard InChI is InChI=1S/5CH3O.V/c5*1-2;/h5*1H3;/q5*-1;. The van der Waals surface area contributed by atoms with Gasteiger partial charge in [-0.05, 0) is 0 Å². The first-order valence-corrected chi connectivity index (χ1v) is 2.04. The summed E-state index contributed by atoms with van der Waals surface area (Å²) in [6.07, 6.45) is 0. The van der Waals surface area contributed by atoms with Crippen LogP contribution in [0.4, 0.5) is 0 Å². The van der Waals surface area contributed by atoms with Crippen molar-refractivity contribution in [3.05, 3.63) is 0 Å². The van der Waals surface area contributed by atoms with Gasteiger partial charge < -0.3 is 25.5 Å².